The fourth-order valence-corrected chi connectivity index (χ4v) is 5.21. The van der Waals surface area contributed by atoms with Gasteiger partial charge in [0.1, 0.15) is 0 Å². The zero-order valence-corrected chi connectivity index (χ0v) is 17.7. The van der Waals surface area contributed by atoms with Gasteiger partial charge in [-0.25, -0.2) is 8.42 Å². The molecule has 2 aromatic rings. The number of aliphatic hydroxyl groups is 1. The van der Waals surface area contributed by atoms with Gasteiger partial charge in [-0.1, -0.05) is 63.2 Å². The summed E-state index contributed by atoms with van der Waals surface area (Å²) >= 11 is 0. The monoisotopic (exact) mass is 402 g/mol. The summed E-state index contributed by atoms with van der Waals surface area (Å²) in [5.74, 6) is 0. The van der Waals surface area contributed by atoms with E-state index >= 15 is 0 Å². The fourth-order valence-electron chi connectivity index (χ4n) is 3.62. The number of piperazine rings is 1. The van der Waals surface area contributed by atoms with Crippen molar-refractivity contribution in [3.63, 3.8) is 0 Å². The molecular weight excluding hydrogens is 372 g/mol. The van der Waals surface area contributed by atoms with Crippen LogP contribution in [0.3, 0.4) is 0 Å². The molecular formula is C22H30N2O3S. The number of hydrogen-bond donors (Lipinski definition) is 1. The van der Waals surface area contributed by atoms with Crippen LogP contribution in [-0.4, -0.2) is 55.0 Å². The van der Waals surface area contributed by atoms with Crippen LogP contribution in [0.1, 0.15) is 31.9 Å². The highest BCUT2D eigenvalue weighted by molar-refractivity contribution is 7.89. The van der Waals surface area contributed by atoms with Crippen LogP contribution in [0.2, 0.25) is 0 Å². The largest absolute Gasteiger partial charge is 0.395 e. The molecule has 3 rings (SSSR count). The summed E-state index contributed by atoms with van der Waals surface area (Å²) in [5.41, 5.74) is 2.25. The molecule has 1 N–H and O–H groups in total. The minimum atomic E-state index is -3.64. The molecule has 1 unspecified atom stereocenters. The van der Waals surface area contributed by atoms with E-state index in [0.717, 1.165) is 12.1 Å². The Morgan fingerprint density at radius 2 is 1.64 bits per heavy atom. The van der Waals surface area contributed by atoms with Crippen LogP contribution in [0, 0.1) is 0 Å². The van der Waals surface area contributed by atoms with E-state index in [0.29, 0.717) is 19.6 Å². The lowest BCUT2D eigenvalue weighted by Crippen LogP contribution is -2.56. The Labute approximate surface area is 168 Å². The maximum atomic E-state index is 13.2. The first-order chi connectivity index (χ1) is 13.2. The Balaban J connectivity index is 1.75. The Kier molecular flexibility index (Phi) is 6.25. The molecule has 5 nitrogen and oxygen atoms in total. The van der Waals surface area contributed by atoms with Crippen molar-refractivity contribution in [1.29, 1.82) is 0 Å². The lowest BCUT2D eigenvalue weighted by Gasteiger charge is -2.39. The topological polar surface area (TPSA) is 60.9 Å². The van der Waals surface area contributed by atoms with Gasteiger partial charge >= 0.3 is 0 Å². The molecule has 1 aliphatic heterocycles. The van der Waals surface area contributed by atoms with Gasteiger partial charge < -0.3 is 5.11 Å². The summed E-state index contributed by atoms with van der Waals surface area (Å²) in [4.78, 5) is 2.49. The molecule has 1 heterocycles. The highest BCUT2D eigenvalue weighted by Crippen LogP contribution is 2.26. The third-order valence-electron chi connectivity index (χ3n) is 5.30. The van der Waals surface area contributed by atoms with E-state index in [1.54, 1.807) is 12.1 Å². The van der Waals surface area contributed by atoms with E-state index in [2.05, 4.69) is 37.8 Å². The van der Waals surface area contributed by atoms with Gasteiger partial charge in [-0.05, 0) is 28.7 Å². The molecule has 28 heavy (non-hydrogen) atoms. The van der Waals surface area contributed by atoms with Crippen LogP contribution in [0.25, 0.3) is 0 Å². The Hall–Kier alpha value is -1.73. The van der Waals surface area contributed by atoms with Crippen LogP contribution in [0.5, 0.6) is 0 Å². The van der Waals surface area contributed by atoms with Crippen molar-refractivity contribution in [1.82, 2.24) is 9.21 Å². The van der Waals surface area contributed by atoms with Gasteiger partial charge in [0.05, 0.1) is 17.5 Å². The number of rotatable bonds is 5. The SMILES string of the molecule is CC(C)(C)c1ccc(S(=O)(=O)N2CCN(Cc3ccccc3)CC2CO)cc1. The maximum absolute atomic E-state index is 13.2. The third kappa shape index (κ3) is 4.63. The fraction of sp³-hybridized carbons (Fsp3) is 0.455. The van der Waals surface area contributed by atoms with Crippen LogP contribution in [0.4, 0.5) is 0 Å². The molecule has 6 heteroatoms. The number of sulfonamides is 1. The Morgan fingerprint density at radius 3 is 2.21 bits per heavy atom. The Bertz CT molecular complexity index is 874. The molecule has 2 aromatic carbocycles. The molecule has 1 fully saturated rings. The molecule has 1 atom stereocenters. The summed E-state index contributed by atoms with van der Waals surface area (Å²) < 4.78 is 27.8. The molecule has 0 spiro atoms. The number of hydrogen-bond acceptors (Lipinski definition) is 4. The molecule has 0 radical (unpaired) electrons. The standard InChI is InChI=1S/C22H30N2O3S/c1-22(2,3)19-9-11-21(12-10-19)28(26,27)24-14-13-23(16-20(24)17-25)15-18-7-5-4-6-8-18/h4-12,20,25H,13-17H2,1-3H3. The predicted molar refractivity (Wildman–Crippen MR) is 112 cm³/mol. The third-order valence-corrected chi connectivity index (χ3v) is 7.27. The molecule has 1 aliphatic rings. The second-order valence-electron chi connectivity index (χ2n) is 8.45. The predicted octanol–water partition coefficient (Wildman–Crippen LogP) is 2.85. The van der Waals surface area contributed by atoms with Crippen molar-refractivity contribution < 1.29 is 13.5 Å². The van der Waals surface area contributed by atoms with E-state index in [1.807, 2.05) is 30.3 Å². The zero-order chi connectivity index (χ0) is 20.4. The zero-order valence-electron chi connectivity index (χ0n) is 16.9. The smallest absolute Gasteiger partial charge is 0.243 e. The summed E-state index contributed by atoms with van der Waals surface area (Å²) in [6, 6.07) is 16.8. The van der Waals surface area contributed by atoms with Crippen molar-refractivity contribution in [3.8, 4) is 0 Å². The van der Waals surface area contributed by atoms with E-state index in [9.17, 15) is 13.5 Å². The molecule has 0 aliphatic carbocycles. The van der Waals surface area contributed by atoms with Crippen molar-refractivity contribution >= 4 is 10.0 Å². The molecule has 152 valence electrons. The van der Waals surface area contributed by atoms with Crippen LogP contribution in [0.15, 0.2) is 59.5 Å². The molecule has 0 bridgehead atoms. The summed E-state index contributed by atoms with van der Waals surface area (Å²) in [6.45, 7) is 8.41. The molecule has 0 amide bonds. The lowest BCUT2D eigenvalue weighted by molar-refractivity contribution is 0.0872. The van der Waals surface area contributed by atoms with Gasteiger partial charge in [-0.2, -0.15) is 4.31 Å². The highest BCUT2D eigenvalue weighted by atomic mass is 32.2. The van der Waals surface area contributed by atoms with Gasteiger partial charge in [0.15, 0.2) is 0 Å². The lowest BCUT2D eigenvalue weighted by atomic mass is 9.87. The van der Waals surface area contributed by atoms with Gasteiger partial charge in [0.25, 0.3) is 0 Å². The van der Waals surface area contributed by atoms with E-state index in [-0.39, 0.29) is 16.9 Å². The number of benzene rings is 2. The van der Waals surface area contributed by atoms with Crippen molar-refractivity contribution in [2.75, 3.05) is 26.2 Å². The average molecular weight is 403 g/mol. The van der Waals surface area contributed by atoms with Crippen molar-refractivity contribution in [2.45, 2.75) is 43.7 Å². The van der Waals surface area contributed by atoms with E-state index in [4.69, 9.17) is 0 Å². The molecule has 0 saturated carbocycles. The van der Waals surface area contributed by atoms with Crippen LogP contribution < -0.4 is 0 Å². The molecule has 1 saturated heterocycles. The average Bonchev–Trinajstić information content (AvgIpc) is 2.68. The Morgan fingerprint density at radius 1 is 1.00 bits per heavy atom. The summed E-state index contributed by atoms with van der Waals surface area (Å²) in [7, 11) is -3.64. The van der Waals surface area contributed by atoms with Gasteiger partial charge in [-0.3, -0.25) is 4.90 Å². The first-order valence-corrected chi connectivity index (χ1v) is 11.2. The van der Waals surface area contributed by atoms with Crippen molar-refractivity contribution in [3.05, 3.63) is 65.7 Å². The quantitative estimate of drug-likeness (QED) is 0.835. The first kappa shape index (κ1) is 21.0. The second kappa shape index (κ2) is 8.33. The first-order valence-electron chi connectivity index (χ1n) is 9.71. The van der Waals surface area contributed by atoms with Crippen LogP contribution in [-0.2, 0) is 22.0 Å². The van der Waals surface area contributed by atoms with E-state index < -0.39 is 16.1 Å². The maximum Gasteiger partial charge on any atom is 0.243 e. The number of nitrogens with zero attached hydrogens (tertiary/aromatic N) is 2. The van der Waals surface area contributed by atoms with Gasteiger partial charge in [-0.15, -0.1) is 0 Å². The summed E-state index contributed by atoms with van der Waals surface area (Å²) in [6.07, 6.45) is 0. The van der Waals surface area contributed by atoms with Gasteiger partial charge in [0.2, 0.25) is 10.0 Å². The second-order valence-corrected chi connectivity index (χ2v) is 10.3. The number of aliphatic hydroxyl groups excluding tert-OH is 1. The van der Waals surface area contributed by atoms with Crippen LogP contribution >= 0.6 is 0 Å². The van der Waals surface area contributed by atoms with Crippen molar-refractivity contribution in [2.24, 2.45) is 0 Å². The molecule has 0 aromatic heterocycles. The van der Waals surface area contributed by atoms with E-state index in [1.165, 1.54) is 9.87 Å². The minimum Gasteiger partial charge on any atom is -0.395 e. The minimum absolute atomic E-state index is 0.0288. The summed E-state index contributed by atoms with van der Waals surface area (Å²) in [5, 5.41) is 9.87. The van der Waals surface area contributed by atoms with Gasteiger partial charge in [0, 0.05) is 26.2 Å². The highest BCUT2D eigenvalue weighted by Gasteiger charge is 2.35. The normalized spacial score (nSPS) is 19.6.